The van der Waals surface area contributed by atoms with Crippen LogP contribution < -0.4 is 5.32 Å². The van der Waals surface area contributed by atoms with Crippen LogP contribution in [0.25, 0.3) is 0 Å². The molecule has 0 aliphatic rings. The molecule has 0 spiro atoms. The molecular weight excluding hydrogens is 224 g/mol. The van der Waals surface area contributed by atoms with Crippen molar-refractivity contribution in [2.75, 3.05) is 20.1 Å². The Morgan fingerprint density at radius 1 is 1.33 bits per heavy atom. The molecule has 0 aromatic carbocycles. The molecule has 0 fully saturated rings. The topological polar surface area (TPSA) is 41.1 Å². The second-order valence-electron chi connectivity index (χ2n) is 4.95. The molecule has 1 aromatic rings. The molecule has 1 aromatic heterocycles. The maximum absolute atomic E-state index is 4.25. The summed E-state index contributed by atoms with van der Waals surface area (Å²) in [5.41, 5.74) is 3.36. The standard InChI is InChI=1S/C14H26N4/c1-6-14-13(8-11(3)16-17-14)9-15-12(4)10-18(5)7-2/h8,12,15H,6-7,9-10H2,1-5H3. The van der Waals surface area contributed by atoms with Gasteiger partial charge in [-0.1, -0.05) is 13.8 Å². The van der Waals surface area contributed by atoms with E-state index in [1.54, 1.807) is 0 Å². The van der Waals surface area contributed by atoms with Gasteiger partial charge in [-0.25, -0.2) is 0 Å². The van der Waals surface area contributed by atoms with Gasteiger partial charge in [0.25, 0.3) is 0 Å². The van der Waals surface area contributed by atoms with Crippen molar-refractivity contribution in [1.82, 2.24) is 20.4 Å². The smallest absolute Gasteiger partial charge is 0.0673 e. The Bertz CT molecular complexity index is 365. The predicted molar refractivity (Wildman–Crippen MR) is 75.6 cm³/mol. The summed E-state index contributed by atoms with van der Waals surface area (Å²) in [6.07, 6.45) is 0.938. The van der Waals surface area contributed by atoms with E-state index in [2.05, 4.69) is 54.3 Å². The van der Waals surface area contributed by atoms with E-state index in [1.807, 2.05) is 6.92 Å². The molecule has 1 unspecified atom stereocenters. The molecule has 0 bridgehead atoms. The van der Waals surface area contributed by atoms with E-state index in [4.69, 9.17) is 0 Å². The van der Waals surface area contributed by atoms with Crippen LogP contribution in [0.2, 0.25) is 0 Å². The summed E-state index contributed by atoms with van der Waals surface area (Å²) in [5.74, 6) is 0. The van der Waals surface area contributed by atoms with E-state index in [9.17, 15) is 0 Å². The highest BCUT2D eigenvalue weighted by molar-refractivity contribution is 5.20. The van der Waals surface area contributed by atoms with Crippen LogP contribution in [-0.4, -0.2) is 41.3 Å². The summed E-state index contributed by atoms with van der Waals surface area (Å²) < 4.78 is 0. The molecule has 0 aliphatic carbocycles. The lowest BCUT2D eigenvalue weighted by Gasteiger charge is -2.21. The van der Waals surface area contributed by atoms with Crippen molar-refractivity contribution in [3.8, 4) is 0 Å². The van der Waals surface area contributed by atoms with Crippen LogP contribution in [0.3, 0.4) is 0 Å². The summed E-state index contributed by atoms with van der Waals surface area (Å²) in [7, 11) is 2.15. The zero-order valence-corrected chi connectivity index (χ0v) is 12.3. The first-order valence-corrected chi connectivity index (χ1v) is 6.80. The Balaban J connectivity index is 2.54. The number of aryl methyl sites for hydroxylation is 2. The predicted octanol–water partition coefficient (Wildman–Crippen LogP) is 1.78. The van der Waals surface area contributed by atoms with Gasteiger partial charge in [0.15, 0.2) is 0 Å². The number of rotatable bonds is 7. The molecule has 18 heavy (non-hydrogen) atoms. The van der Waals surface area contributed by atoms with Crippen LogP contribution >= 0.6 is 0 Å². The molecule has 4 nitrogen and oxygen atoms in total. The molecule has 0 aliphatic heterocycles. The molecule has 1 heterocycles. The highest BCUT2D eigenvalue weighted by Crippen LogP contribution is 2.07. The van der Waals surface area contributed by atoms with E-state index in [-0.39, 0.29) is 0 Å². The summed E-state index contributed by atoms with van der Waals surface area (Å²) in [6.45, 7) is 11.5. The summed E-state index contributed by atoms with van der Waals surface area (Å²) in [6, 6.07) is 2.61. The zero-order valence-electron chi connectivity index (χ0n) is 12.3. The van der Waals surface area contributed by atoms with Gasteiger partial charge in [0.1, 0.15) is 0 Å². The summed E-state index contributed by atoms with van der Waals surface area (Å²) >= 11 is 0. The Labute approximate surface area is 111 Å². The molecule has 1 N–H and O–H groups in total. The van der Waals surface area contributed by atoms with Crippen molar-refractivity contribution in [2.45, 2.75) is 46.7 Å². The molecule has 1 atom stereocenters. The Kier molecular flexibility index (Phi) is 6.22. The van der Waals surface area contributed by atoms with E-state index in [0.29, 0.717) is 6.04 Å². The third-order valence-corrected chi connectivity index (χ3v) is 3.18. The normalized spacial score (nSPS) is 13.0. The average Bonchev–Trinajstić information content (AvgIpc) is 2.36. The Hall–Kier alpha value is -1.00. The molecular formula is C14H26N4. The van der Waals surface area contributed by atoms with Crippen LogP contribution in [0.4, 0.5) is 0 Å². The van der Waals surface area contributed by atoms with Crippen molar-refractivity contribution in [3.63, 3.8) is 0 Å². The van der Waals surface area contributed by atoms with Crippen LogP contribution in [0.5, 0.6) is 0 Å². The lowest BCUT2D eigenvalue weighted by molar-refractivity contribution is 0.309. The highest BCUT2D eigenvalue weighted by atomic mass is 15.1. The number of likely N-dealkylation sites (N-methyl/N-ethyl adjacent to an activating group) is 1. The second-order valence-corrected chi connectivity index (χ2v) is 4.95. The first kappa shape index (κ1) is 15.1. The molecule has 0 saturated heterocycles. The Morgan fingerprint density at radius 2 is 2.06 bits per heavy atom. The van der Waals surface area contributed by atoms with Crippen molar-refractivity contribution in [2.24, 2.45) is 0 Å². The van der Waals surface area contributed by atoms with Gasteiger partial charge >= 0.3 is 0 Å². The van der Waals surface area contributed by atoms with Gasteiger partial charge in [-0.05, 0) is 45.5 Å². The van der Waals surface area contributed by atoms with Crippen molar-refractivity contribution >= 4 is 0 Å². The molecule has 0 saturated carbocycles. The first-order valence-electron chi connectivity index (χ1n) is 6.80. The van der Waals surface area contributed by atoms with Crippen LogP contribution in [0, 0.1) is 6.92 Å². The van der Waals surface area contributed by atoms with Gasteiger partial charge < -0.3 is 10.2 Å². The molecule has 0 amide bonds. The average molecular weight is 250 g/mol. The maximum Gasteiger partial charge on any atom is 0.0673 e. The van der Waals surface area contributed by atoms with Crippen LogP contribution in [0.15, 0.2) is 6.07 Å². The monoisotopic (exact) mass is 250 g/mol. The van der Waals surface area contributed by atoms with Crippen LogP contribution in [0.1, 0.15) is 37.7 Å². The fourth-order valence-corrected chi connectivity index (χ4v) is 1.96. The van der Waals surface area contributed by atoms with E-state index in [1.165, 1.54) is 5.56 Å². The first-order chi connectivity index (χ1) is 8.56. The quantitative estimate of drug-likeness (QED) is 0.801. The highest BCUT2D eigenvalue weighted by Gasteiger charge is 2.07. The van der Waals surface area contributed by atoms with E-state index >= 15 is 0 Å². The molecule has 102 valence electrons. The summed E-state index contributed by atoms with van der Waals surface area (Å²) in [4.78, 5) is 2.31. The number of hydrogen-bond donors (Lipinski definition) is 1. The van der Waals surface area contributed by atoms with Gasteiger partial charge in [0, 0.05) is 19.1 Å². The third kappa shape index (κ3) is 4.70. The van der Waals surface area contributed by atoms with Crippen molar-refractivity contribution in [1.29, 1.82) is 0 Å². The Morgan fingerprint density at radius 3 is 2.67 bits per heavy atom. The zero-order chi connectivity index (χ0) is 13.5. The van der Waals surface area contributed by atoms with Crippen molar-refractivity contribution < 1.29 is 0 Å². The largest absolute Gasteiger partial charge is 0.309 e. The molecule has 0 radical (unpaired) electrons. The summed E-state index contributed by atoms with van der Waals surface area (Å²) in [5, 5.41) is 11.9. The third-order valence-electron chi connectivity index (χ3n) is 3.18. The van der Waals surface area contributed by atoms with Gasteiger partial charge in [-0.3, -0.25) is 0 Å². The number of hydrogen-bond acceptors (Lipinski definition) is 4. The van der Waals surface area contributed by atoms with E-state index < -0.39 is 0 Å². The lowest BCUT2D eigenvalue weighted by Crippen LogP contribution is -2.37. The van der Waals surface area contributed by atoms with Gasteiger partial charge in [-0.2, -0.15) is 10.2 Å². The van der Waals surface area contributed by atoms with Crippen LogP contribution in [-0.2, 0) is 13.0 Å². The SMILES string of the molecule is CCc1nnc(C)cc1CNC(C)CN(C)CC. The molecule has 4 heteroatoms. The molecule has 1 rings (SSSR count). The fourth-order valence-electron chi connectivity index (χ4n) is 1.96. The lowest BCUT2D eigenvalue weighted by atomic mass is 10.1. The number of nitrogens with one attached hydrogen (secondary N) is 1. The minimum Gasteiger partial charge on any atom is -0.309 e. The second kappa shape index (κ2) is 7.44. The van der Waals surface area contributed by atoms with Crippen molar-refractivity contribution in [3.05, 3.63) is 23.0 Å². The van der Waals surface area contributed by atoms with Gasteiger partial charge in [-0.15, -0.1) is 0 Å². The maximum atomic E-state index is 4.25. The van der Waals surface area contributed by atoms with Gasteiger partial charge in [0.05, 0.1) is 11.4 Å². The van der Waals surface area contributed by atoms with Gasteiger partial charge in [0.2, 0.25) is 0 Å². The number of aromatic nitrogens is 2. The minimum absolute atomic E-state index is 0.480. The van der Waals surface area contributed by atoms with E-state index in [0.717, 1.165) is 37.4 Å². The fraction of sp³-hybridized carbons (Fsp3) is 0.714. The number of nitrogens with zero attached hydrogens (tertiary/aromatic N) is 3. The minimum atomic E-state index is 0.480.